The Morgan fingerprint density at radius 3 is 2.66 bits per heavy atom. The first kappa shape index (κ1) is 20.0. The number of aromatic nitrogens is 2. The molecule has 0 unspecified atom stereocenters. The molecular formula is C23H28N4OS. The Hall–Kier alpha value is -2.31. The van der Waals surface area contributed by atoms with Gasteiger partial charge < -0.3 is 10.3 Å². The van der Waals surface area contributed by atoms with E-state index < -0.39 is 0 Å². The number of nitrogens with one attached hydrogen (secondary N) is 2. The predicted octanol–water partition coefficient (Wildman–Crippen LogP) is 4.17. The van der Waals surface area contributed by atoms with Crippen LogP contribution in [-0.4, -0.2) is 40.3 Å². The predicted molar refractivity (Wildman–Crippen MR) is 123 cm³/mol. The number of hydrogen-bond acceptors (Lipinski definition) is 5. The van der Waals surface area contributed by atoms with Crippen molar-refractivity contribution in [3.8, 4) is 0 Å². The van der Waals surface area contributed by atoms with E-state index in [2.05, 4.69) is 39.5 Å². The lowest BCUT2D eigenvalue weighted by atomic mass is 10.1. The average molecular weight is 409 g/mol. The van der Waals surface area contributed by atoms with E-state index in [9.17, 15) is 4.79 Å². The molecule has 6 heteroatoms. The monoisotopic (exact) mass is 408 g/mol. The summed E-state index contributed by atoms with van der Waals surface area (Å²) in [6.07, 6.45) is 2.35. The molecule has 29 heavy (non-hydrogen) atoms. The zero-order chi connectivity index (χ0) is 20.2. The molecule has 152 valence electrons. The highest BCUT2D eigenvalue weighted by atomic mass is 32.2. The van der Waals surface area contributed by atoms with E-state index >= 15 is 0 Å². The zero-order valence-corrected chi connectivity index (χ0v) is 17.9. The van der Waals surface area contributed by atoms with Crippen molar-refractivity contribution in [2.75, 3.05) is 25.5 Å². The number of para-hydroxylation sites is 1. The Morgan fingerprint density at radius 1 is 1.17 bits per heavy atom. The summed E-state index contributed by atoms with van der Waals surface area (Å²) < 4.78 is 0. The molecule has 0 saturated carbocycles. The fourth-order valence-electron chi connectivity index (χ4n) is 3.89. The lowest BCUT2D eigenvalue weighted by Gasteiger charge is -2.31. The second kappa shape index (κ2) is 9.01. The minimum atomic E-state index is -0.0339. The SMILES string of the molecule is CNc1ccc(CN2CCC(SCc3nc4c(C)cccc4c(=O)[nH]3)CC2)cc1. The van der Waals surface area contributed by atoms with Crippen molar-refractivity contribution in [2.24, 2.45) is 0 Å². The molecule has 1 aliphatic rings. The number of benzene rings is 2. The Morgan fingerprint density at radius 2 is 1.93 bits per heavy atom. The topological polar surface area (TPSA) is 61.0 Å². The first-order chi connectivity index (χ1) is 14.1. The summed E-state index contributed by atoms with van der Waals surface area (Å²) in [5.74, 6) is 1.55. The number of thioether (sulfide) groups is 1. The third-order valence-corrected chi connectivity index (χ3v) is 7.01. The minimum Gasteiger partial charge on any atom is -0.388 e. The van der Waals surface area contributed by atoms with Crippen molar-refractivity contribution in [3.63, 3.8) is 0 Å². The molecule has 5 nitrogen and oxygen atoms in total. The van der Waals surface area contributed by atoms with Crippen LogP contribution in [0.5, 0.6) is 0 Å². The Labute approximate surface area is 175 Å². The van der Waals surface area contributed by atoms with Gasteiger partial charge in [0, 0.05) is 24.5 Å². The molecule has 0 atom stereocenters. The van der Waals surface area contributed by atoms with Crippen LogP contribution in [-0.2, 0) is 12.3 Å². The molecule has 1 aromatic heterocycles. The number of anilines is 1. The molecule has 0 spiro atoms. The molecule has 2 N–H and O–H groups in total. The van der Waals surface area contributed by atoms with Crippen LogP contribution in [0, 0.1) is 6.92 Å². The van der Waals surface area contributed by atoms with Gasteiger partial charge in [0.15, 0.2) is 0 Å². The Balaban J connectivity index is 1.30. The normalized spacial score (nSPS) is 15.7. The molecule has 0 amide bonds. The molecule has 3 aromatic rings. The maximum Gasteiger partial charge on any atom is 0.258 e. The summed E-state index contributed by atoms with van der Waals surface area (Å²) in [5, 5.41) is 4.46. The van der Waals surface area contributed by atoms with Crippen LogP contribution in [0.4, 0.5) is 5.69 Å². The molecule has 1 saturated heterocycles. The highest BCUT2D eigenvalue weighted by Crippen LogP contribution is 2.27. The van der Waals surface area contributed by atoms with Gasteiger partial charge in [0.1, 0.15) is 5.82 Å². The van der Waals surface area contributed by atoms with E-state index in [1.165, 1.54) is 18.4 Å². The van der Waals surface area contributed by atoms with E-state index in [0.29, 0.717) is 10.6 Å². The second-order valence-electron chi connectivity index (χ2n) is 7.72. The molecule has 1 aliphatic heterocycles. The van der Waals surface area contributed by atoms with Crippen LogP contribution in [0.15, 0.2) is 47.3 Å². The summed E-state index contributed by atoms with van der Waals surface area (Å²) in [6, 6.07) is 14.4. The Kier molecular flexibility index (Phi) is 6.21. The number of H-pyrrole nitrogens is 1. The van der Waals surface area contributed by atoms with Crippen molar-refractivity contribution in [2.45, 2.75) is 37.3 Å². The van der Waals surface area contributed by atoms with Crippen molar-refractivity contribution in [1.29, 1.82) is 0 Å². The molecule has 2 heterocycles. The number of aromatic amines is 1. The van der Waals surface area contributed by atoms with E-state index in [4.69, 9.17) is 4.98 Å². The van der Waals surface area contributed by atoms with Crippen molar-refractivity contribution in [1.82, 2.24) is 14.9 Å². The molecule has 0 radical (unpaired) electrons. The van der Waals surface area contributed by atoms with Gasteiger partial charge in [-0.25, -0.2) is 4.98 Å². The van der Waals surface area contributed by atoms with Crippen LogP contribution in [0.1, 0.15) is 29.8 Å². The van der Waals surface area contributed by atoms with Gasteiger partial charge in [-0.2, -0.15) is 11.8 Å². The summed E-state index contributed by atoms with van der Waals surface area (Å²) in [6.45, 7) is 5.26. The first-order valence-electron chi connectivity index (χ1n) is 10.2. The quantitative estimate of drug-likeness (QED) is 0.641. The molecule has 0 aliphatic carbocycles. The first-order valence-corrected chi connectivity index (χ1v) is 11.3. The lowest BCUT2D eigenvalue weighted by molar-refractivity contribution is 0.225. The summed E-state index contributed by atoms with van der Waals surface area (Å²) in [4.78, 5) is 22.6. The fraction of sp³-hybridized carbons (Fsp3) is 0.391. The van der Waals surface area contributed by atoms with E-state index in [1.807, 2.05) is 43.9 Å². The van der Waals surface area contributed by atoms with Crippen LogP contribution in [0.2, 0.25) is 0 Å². The molecule has 4 rings (SSSR count). The number of fused-ring (bicyclic) bond motifs is 1. The summed E-state index contributed by atoms with van der Waals surface area (Å²) in [7, 11) is 1.95. The number of hydrogen-bond donors (Lipinski definition) is 2. The number of likely N-dealkylation sites (tertiary alicyclic amines) is 1. The molecule has 1 fully saturated rings. The highest BCUT2D eigenvalue weighted by molar-refractivity contribution is 7.99. The van der Waals surface area contributed by atoms with Gasteiger partial charge in [0.25, 0.3) is 5.56 Å². The van der Waals surface area contributed by atoms with E-state index in [0.717, 1.165) is 48.0 Å². The Bertz CT molecular complexity index is 1020. The van der Waals surface area contributed by atoms with Crippen LogP contribution >= 0.6 is 11.8 Å². The second-order valence-corrected chi connectivity index (χ2v) is 9.01. The summed E-state index contributed by atoms with van der Waals surface area (Å²) in [5.41, 5.74) is 4.36. The fourth-order valence-corrected chi connectivity index (χ4v) is 4.96. The van der Waals surface area contributed by atoms with Gasteiger partial charge in [0.2, 0.25) is 0 Å². The third kappa shape index (κ3) is 4.82. The average Bonchev–Trinajstić information content (AvgIpc) is 2.75. The lowest BCUT2D eigenvalue weighted by Crippen LogP contribution is -2.34. The smallest absolute Gasteiger partial charge is 0.258 e. The van der Waals surface area contributed by atoms with Gasteiger partial charge in [-0.1, -0.05) is 24.3 Å². The zero-order valence-electron chi connectivity index (χ0n) is 17.1. The number of aryl methyl sites for hydroxylation is 1. The van der Waals surface area contributed by atoms with Gasteiger partial charge in [-0.05, 0) is 62.2 Å². The van der Waals surface area contributed by atoms with E-state index in [-0.39, 0.29) is 5.56 Å². The molecule has 2 aromatic carbocycles. The van der Waals surface area contributed by atoms with Crippen LogP contribution < -0.4 is 10.9 Å². The van der Waals surface area contributed by atoms with Gasteiger partial charge in [-0.15, -0.1) is 0 Å². The van der Waals surface area contributed by atoms with Gasteiger partial charge in [0.05, 0.1) is 16.7 Å². The van der Waals surface area contributed by atoms with Crippen molar-refractivity contribution in [3.05, 3.63) is 69.8 Å². The highest BCUT2D eigenvalue weighted by Gasteiger charge is 2.20. The summed E-state index contributed by atoms with van der Waals surface area (Å²) >= 11 is 1.92. The van der Waals surface area contributed by atoms with Crippen molar-refractivity contribution < 1.29 is 0 Å². The number of rotatable bonds is 6. The largest absolute Gasteiger partial charge is 0.388 e. The number of nitrogens with zero attached hydrogens (tertiary/aromatic N) is 2. The standard InChI is InChI=1S/C23H28N4OS/c1-16-4-3-5-20-22(16)25-21(26-23(20)28)15-29-19-10-12-27(13-11-19)14-17-6-8-18(24-2)9-7-17/h3-9,19,24H,10-15H2,1-2H3,(H,25,26,28). The van der Waals surface area contributed by atoms with Crippen LogP contribution in [0.3, 0.4) is 0 Å². The van der Waals surface area contributed by atoms with E-state index in [1.54, 1.807) is 0 Å². The maximum atomic E-state index is 12.3. The minimum absolute atomic E-state index is 0.0339. The molecular weight excluding hydrogens is 380 g/mol. The van der Waals surface area contributed by atoms with Crippen molar-refractivity contribution >= 4 is 28.4 Å². The van der Waals surface area contributed by atoms with Crippen LogP contribution in [0.25, 0.3) is 10.9 Å². The van der Waals surface area contributed by atoms with Gasteiger partial charge in [-0.3, -0.25) is 9.69 Å². The third-order valence-electron chi connectivity index (χ3n) is 5.63. The maximum absolute atomic E-state index is 12.3. The van der Waals surface area contributed by atoms with Gasteiger partial charge >= 0.3 is 0 Å². The number of piperidine rings is 1. The molecule has 0 bridgehead atoms.